The van der Waals surface area contributed by atoms with Crippen molar-refractivity contribution in [3.63, 3.8) is 0 Å². The van der Waals surface area contributed by atoms with E-state index < -0.39 is 54.3 Å². The summed E-state index contributed by atoms with van der Waals surface area (Å²) in [6, 6.07) is 12.7. The maximum absolute atomic E-state index is 13.5. The summed E-state index contributed by atoms with van der Waals surface area (Å²) in [4.78, 5) is 54.6. The lowest BCUT2D eigenvalue weighted by Gasteiger charge is -2.55. The second-order valence-corrected chi connectivity index (χ2v) is 9.08. The zero-order valence-electron chi connectivity index (χ0n) is 20.7. The van der Waals surface area contributed by atoms with Crippen LogP contribution in [-0.2, 0) is 20.9 Å². The summed E-state index contributed by atoms with van der Waals surface area (Å²) in [6.07, 6.45) is -1.51. The number of benzene rings is 2. The molecule has 4 amide bonds. The van der Waals surface area contributed by atoms with Crippen molar-refractivity contribution in [2.24, 2.45) is 0 Å². The standard InChI is InChI=1S/C26H30FN5O5/c1-3-29-16-23(33)31-21(13-24(34)35)25(36)30(17(2)19-9-11-20(27)12-10-19)15-22(31)32(29)26(37)28-14-18-7-5-4-6-8-18/h4-12,17,21-22H,3,13-16H2,1-2H3,(H,28,37)(H,34,35)/t17?,21-,22-/m0/s1. The molecule has 0 spiro atoms. The molecular weight excluding hydrogens is 481 g/mol. The van der Waals surface area contributed by atoms with Gasteiger partial charge in [-0.1, -0.05) is 49.4 Å². The number of nitrogens with zero attached hydrogens (tertiary/aromatic N) is 4. The molecule has 196 valence electrons. The van der Waals surface area contributed by atoms with Crippen molar-refractivity contribution in [2.75, 3.05) is 19.6 Å². The van der Waals surface area contributed by atoms with Gasteiger partial charge < -0.3 is 20.2 Å². The highest BCUT2D eigenvalue weighted by atomic mass is 19.1. The van der Waals surface area contributed by atoms with Gasteiger partial charge in [-0.15, -0.1) is 0 Å². The predicted molar refractivity (Wildman–Crippen MR) is 131 cm³/mol. The molecule has 11 heteroatoms. The quantitative estimate of drug-likeness (QED) is 0.589. The third-order valence-electron chi connectivity index (χ3n) is 6.83. The van der Waals surface area contributed by atoms with Crippen LogP contribution in [0.1, 0.15) is 37.4 Å². The number of carbonyl (C=O) groups excluding carboxylic acids is 3. The Labute approximate surface area is 214 Å². The number of carboxylic acid groups (broad SMARTS) is 1. The van der Waals surface area contributed by atoms with Gasteiger partial charge in [0.1, 0.15) is 18.0 Å². The SMILES string of the molecule is CCN1CC(=O)N2[C@@H](CC(=O)O)C(=O)N(C(C)c3ccc(F)cc3)C[C@@H]2N1C(=O)NCc1ccccc1. The predicted octanol–water partition coefficient (Wildman–Crippen LogP) is 2.19. The Hall–Kier alpha value is -3.99. The van der Waals surface area contributed by atoms with E-state index in [1.807, 2.05) is 37.3 Å². The molecule has 2 fully saturated rings. The van der Waals surface area contributed by atoms with Gasteiger partial charge in [-0.3, -0.25) is 14.4 Å². The van der Waals surface area contributed by atoms with Gasteiger partial charge in [0.2, 0.25) is 11.8 Å². The molecule has 2 aliphatic rings. The minimum Gasteiger partial charge on any atom is -0.481 e. The third kappa shape index (κ3) is 5.41. The Kier molecular flexibility index (Phi) is 7.72. The molecule has 0 bridgehead atoms. The lowest BCUT2D eigenvalue weighted by molar-refractivity contribution is -0.193. The molecule has 0 radical (unpaired) electrons. The number of carbonyl (C=O) groups is 4. The van der Waals surface area contributed by atoms with Crippen LogP contribution < -0.4 is 5.32 Å². The molecule has 2 aliphatic heterocycles. The summed E-state index contributed by atoms with van der Waals surface area (Å²) in [5.41, 5.74) is 1.53. The van der Waals surface area contributed by atoms with E-state index >= 15 is 0 Å². The average Bonchev–Trinajstić information content (AvgIpc) is 2.88. The fourth-order valence-corrected chi connectivity index (χ4v) is 4.91. The highest BCUT2D eigenvalue weighted by molar-refractivity contribution is 5.94. The second kappa shape index (κ2) is 11.0. The summed E-state index contributed by atoms with van der Waals surface area (Å²) in [7, 11) is 0. The molecule has 2 aromatic rings. The van der Waals surface area contributed by atoms with E-state index in [0.717, 1.165) is 5.56 Å². The summed E-state index contributed by atoms with van der Waals surface area (Å²) in [5, 5.41) is 15.4. The van der Waals surface area contributed by atoms with Crippen molar-refractivity contribution in [1.29, 1.82) is 0 Å². The zero-order chi connectivity index (χ0) is 26.7. The summed E-state index contributed by atoms with van der Waals surface area (Å²) in [6.45, 7) is 3.96. The normalized spacial score (nSPS) is 21.0. The van der Waals surface area contributed by atoms with Gasteiger partial charge >= 0.3 is 12.0 Å². The molecule has 0 saturated carbocycles. The van der Waals surface area contributed by atoms with Gasteiger partial charge in [-0.05, 0) is 30.2 Å². The maximum atomic E-state index is 13.5. The number of carboxylic acids is 1. The van der Waals surface area contributed by atoms with Crippen molar-refractivity contribution in [2.45, 2.75) is 45.1 Å². The van der Waals surface area contributed by atoms with Crippen LogP contribution in [0.15, 0.2) is 54.6 Å². The van der Waals surface area contributed by atoms with Crippen molar-refractivity contribution >= 4 is 23.8 Å². The molecule has 2 aromatic carbocycles. The van der Waals surface area contributed by atoms with Gasteiger partial charge in [-0.25, -0.2) is 19.2 Å². The maximum Gasteiger partial charge on any atom is 0.334 e. The zero-order valence-corrected chi connectivity index (χ0v) is 20.7. The smallest absolute Gasteiger partial charge is 0.334 e. The van der Waals surface area contributed by atoms with Gasteiger partial charge in [0.15, 0.2) is 0 Å². The van der Waals surface area contributed by atoms with E-state index in [9.17, 15) is 28.7 Å². The van der Waals surface area contributed by atoms with Crippen LogP contribution in [0, 0.1) is 5.82 Å². The topological polar surface area (TPSA) is 114 Å². The highest BCUT2D eigenvalue weighted by Crippen LogP contribution is 2.32. The summed E-state index contributed by atoms with van der Waals surface area (Å²) in [5.74, 6) is -2.61. The van der Waals surface area contributed by atoms with E-state index in [-0.39, 0.29) is 19.6 Å². The van der Waals surface area contributed by atoms with Crippen LogP contribution in [0.2, 0.25) is 0 Å². The Balaban J connectivity index is 1.68. The Morgan fingerprint density at radius 3 is 2.41 bits per heavy atom. The van der Waals surface area contributed by atoms with Crippen LogP contribution in [0.5, 0.6) is 0 Å². The van der Waals surface area contributed by atoms with Gasteiger partial charge in [0, 0.05) is 13.1 Å². The number of piperazine rings is 1. The summed E-state index contributed by atoms with van der Waals surface area (Å²) < 4.78 is 13.5. The molecule has 4 rings (SSSR count). The van der Waals surface area contributed by atoms with Crippen molar-refractivity contribution in [1.82, 2.24) is 25.1 Å². The molecule has 3 atom stereocenters. The number of nitrogens with one attached hydrogen (secondary N) is 1. The van der Waals surface area contributed by atoms with Crippen LogP contribution in [0.3, 0.4) is 0 Å². The van der Waals surface area contributed by atoms with E-state index in [1.54, 1.807) is 24.1 Å². The first-order valence-corrected chi connectivity index (χ1v) is 12.2. The van der Waals surface area contributed by atoms with Crippen molar-refractivity contribution in [3.05, 3.63) is 71.5 Å². The first-order chi connectivity index (χ1) is 17.7. The highest BCUT2D eigenvalue weighted by Gasteiger charge is 2.52. The van der Waals surface area contributed by atoms with Crippen LogP contribution in [0.25, 0.3) is 0 Å². The van der Waals surface area contributed by atoms with Crippen molar-refractivity contribution < 1.29 is 28.7 Å². The molecule has 10 nitrogen and oxygen atoms in total. The van der Waals surface area contributed by atoms with E-state index in [0.29, 0.717) is 12.1 Å². The van der Waals surface area contributed by atoms with Crippen LogP contribution >= 0.6 is 0 Å². The molecule has 0 aliphatic carbocycles. The van der Waals surface area contributed by atoms with Gasteiger partial charge in [0.05, 0.1) is 25.6 Å². The minimum atomic E-state index is -1.28. The van der Waals surface area contributed by atoms with Crippen molar-refractivity contribution in [3.8, 4) is 0 Å². The number of rotatable bonds is 7. The van der Waals surface area contributed by atoms with E-state index in [2.05, 4.69) is 5.32 Å². The van der Waals surface area contributed by atoms with E-state index in [1.165, 1.54) is 26.9 Å². The number of urea groups is 1. The van der Waals surface area contributed by atoms with Gasteiger partial charge in [0.25, 0.3) is 0 Å². The number of aliphatic carboxylic acids is 1. The number of hydrazine groups is 1. The third-order valence-corrected chi connectivity index (χ3v) is 6.83. The summed E-state index contributed by atoms with van der Waals surface area (Å²) >= 11 is 0. The number of hydrogen-bond donors (Lipinski definition) is 2. The largest absolute Gasteiger partial charge is 0.481 e. The van der Waals surface area contributed by atoms with Crippen LogP contribution in [-0.4, -0.2) is 80.6 Å². The first kappa shape index (κ1) is 26.1. The number of likely N-dealkylation sites (N-methyl/N-ethyl adjacent to an activating group) is 1. The molecule has 0 aromatic heterocycles. The fourth-order valence-electron chi connectivity index (χ4n) is 4.91. The fraction of sp³-hybridized carbons (Fsp3) is 0.385. The van der Waals surface area contributed by atoms with E-state index in [4.69, 9.17) is 0 Å². The Morgan fingerprint density at radius 2 is 1.78 bits per heavy atom. The van der Waals surface area contributed by atoms with Gasteiger partial charge in [-0.2, -0.15) is 0 Å². The first-order valence-electron chi connectivity index (χ1n) is 12.2. The lowest BCUT2D eigenvalue weighted by Crippen LogP contribution is -2.76. The average molecular weight is 512 g/mol. The minimum absolute atomic E-state index is 0.0332. The lowest BCUT2D eigenvalue weighted by atomic mass is 9.99. The molecule has 2 N–H and O–H groups in total. The molecule has 1 unspecified atom stereocenters. The molecule has 2 saturated heterocycles. The van der Waals surface area contributed by atoms with Crippen LogP contribution in [0.4, 0.5) is 9.18 Å². The number of fused-ring (bicyclic) bond motifs is 1. The molecule has 37 heavy (non-hydrogen) atoms. The molecule has 2 heterocycles. The monoisotopic (exact) mass is 511 g/mol. The molecular formula is C26H30FN5O5. The Morgan fingerprint density at radius 1 is 1.11 bits per heavy atom. The second-order valence-electron chi connectivity index (χ2n) is 9.08. The number of hydrogen-bond acceptors (Lipinski definition) is 5. The Bertz CT molecular complexity index is 1160. The number of halogens is 1. The number of amides is 4.